The fourth-order valence-corrected chi connectivity index (χ4v) is 2.54. The van der Waals surface area contributed by atoms with Crippen molar-refractivity contribution in [2.24, 2.45) is 5.92 Å². The highest BCUT2D eigenvalue weighted by molar-refractivity contribution is 7.84. The summed E-state index contributed by atoms with van der Waals surface area (Å²) in [5.41, 5.74) is 0. The maximum Gasteiger partial charge on any atom is 0.0383 e. The second-order valence-electron chi connectivity index (χ2n) is 4.47. The van der Waals surface area contributed by atoms with Crippen molar-refractivity contribution in [2.75, 3.05) is 18.6 Å². The predicted molar refractivity (Wildman–Crippen MR) is 69.7 cm³/mol. The van der Waals surface area contributed by atoms with Crippen molar-refractivity contribution in [3.05, 3.63) is 0 Å². The molecule has 0 radical (unpaired) electrons. The van der Waals surface area contributed by atoms with Crippen LogP contribution < -0.4 is 5.32 Å². The summed E-state index contributed by atoms with van der Waals surface area (Å²) in [6.07, 6.45) is 6.95. The highest BCUT2D eigenvalue weighted by Gasteiger charge is 2.08. The summed E-state index contributed by atoms with van der Waals surface area (Å²) < 4.78 is 11.0. The Hall–Kier alpha value is 0.110. The largest absolute Gasteiger partial charge is 0.313 e. The Morgan fingerprint density at radius 1 is 1.33 bits per heavy atom. The van der Waals surface area contributed by atoms with Gasteiger partial charge < -0.3 is 5.32 Å². The summed E-state index contributed by atoms with van der Waals surface area (Å²) in [6, 6.07) is 0.381. The Morgan fingerprint density at radius 3 is 2.47 bits per heavy atom. The zero-order valence-electron chi connectivity index (χ0n) is 10.7. The van der Waals surface area contributed by atoms with Crippen LogP contribution in [0.15, 0.2) is 0 Å². The van der Waals surface area contributed by atoms with E-state index < -0.39 is 10.8 Å². The van der Waals surface area contributed by atoms with Crippen LogP contribution >= 0.6 is 0 Å². The highest BCUT2D eigenvalue weighted by atomic mass is 32.2. The molecule has 0 aliphatic heterocycles. The average molecular weight is 233 g/mol. The molecule has 0 aromatic heterocycles. The van der Waals surface area contributed by atoms with Gasteiger partial charge in [-0.3, -0.25) is 4.21 Å². The fourth-order valence-electron chi connectivity index (χ4n) is 1.72. The number of hydrogen-bond donors (Lipinski definition) is 1. The van der Waals surface area contributed by atoms with Crippen molar-refractivity contribution in [3.63, 3.8) is 0 Å². The van der Waals surface area contributed by atoms with Crippen molar-refractivity contribution in [1.82, 2.24) is 5.32 Å². The molecule has 0 heterocycles. The third-order valence-corrected chi connectivity index (χ3v) is 3.75. The van der Waals surface area contributed by atoms with Crippen LogP contribution in [0.4, 0.5) is 0 Å². The molecule has 2 nitrogen and oxygen atoms in total. The molecule has 3 atom stereocenters. The van der Waals surface area contributed by atoms with Crippen LogP contribution in [0.3, 0.4) is 0 Å². The number of hydrogen-bond acceptors (Lipinski definition) is 2. The third-order valence-electron chi connectivity index (χ3n) is 2.78. The molecule has 0 aliphatic rings. The lowest BCUT2D eigenvalue weighted by Crippen LogP contribution is -2.34. The van der Waals surface area contributed by atoms with E-state index >= 15 is 0 Å². The summed E-state index contributed by atoms with van der Waals surface area (Å²) >= 11 is 0. The highest BCUT2D eigenvalue weighted by Crippen LogP contribution is 2.11. The Balaban J connectivity index is 3.64. The van der Waals surface area contributed by atoms with Gasteiger partial charge in [-0.15, -0.1) is 0 Å². The number of unbranched alkanes of at least 4 members (excludes halogenated alkanes) is 1. The van der Waals surface area contributed by atoms with Gasteiger partial charge in [0.1, 0.15) is 0 Å². The first-order chi connectivity index (χ1) is 7.10. The molecule has 3 heteroatoms. The minimum absolute atomic E-state index is 0.381. The van der Waals surface area contributed by atoms with Gasteiger partial charge in [0.05, 0.1) is 0 Å². The predicted octanol–water partition coefficient (Wildman–Crippen LogP) is 2.56. The van der Waals surface area contributed by atoms with E-state index in [0.29, 0.717) is 6.04 Å². The summed E-state index contributed by atoms with van der Waals surface area (Å²) in [5.74, 6) is 1.56. The summed E-state index contributed by atoms with van der Waals surface area (Å²) in [5, 5.41) is 3.48. The average Bonchev–Trinajstić information content (AvgIpc) is 2.17. The van der Waals surface area contributed by atoms with Crippen molar-refractivity contribution in [1.29, 1.82) is 0 Å². The van der Waals surface area contributed by atoms with Crippen LogP contribution in [0.5, 0.6) is 0 Å². The molecule has 3 unspecified atom stereocenters. The molecule has 0 amide bonds. The molecule has 15 heavy (non-hydrogen) atoms. The lowest BCUT2D eigenvalue weighted by molar-refractivity contribution is 0.403. The molecular weight excluding hydrogens is 206 g/mol. The van der Waals surface area contributed by atoms with Gasteiger partial charge in [-0.05, 0) is 25.8 Å². The third kappa shape index (κ3) is 9.06. The molecule has 1 N–H and O–H groups in total. The van der Waals surface area contributed by atoms with Crippen LogP contribution in [0.25, 0.3) is 0 Å². The van der Waals surface area contributed by atoms with Crippen molar-refractivity contribution >= 4 is 10.8 Å². The van der Waals surface area contributed by atoms with E-state index in [2.05, 4.69) is 26.1 Å². The summed E-state index contributed by atoms with van der Waals surface area (Å²) in [6.45, 7) is 7.69. The number of rotatable bonds is 9. The zero-order chi connectivity index (χ0) is 11.7. The Bertz CT molecular complexity index is 173. The molecular formula is C12H27NOS. The maximum absolute atomic E-state index is 11.0. The first-order valence-electron chi connectivity index (χ1n) is 6.13. The van der Waals surface area contributed by atoms with Crippen molar-refractivity contribution < 1.29 is 4.21 Å². The Kier molecular flexibility index (Phi) is 9.41. The maximum atomic E-state index is 11.0. The van der Waals surface area contributed by atoms with E-state index in [-0.39, 0.29) is 0 Å². The van der Waals surface area contributed by atoms with E-state index in [1.54, 1.807) is 6.26 Å². The molecule has 0 fully saturated rings. The summed E-state index contributed by atoms with van der Waals surface area (Å²) in [7, 11) is -0.680. The Morgan fingerprint density at radius 2 is 2.00 bits per heavy atom. The second kappa shape index (κ2) is 9.34. The topological polar surface area (TPSA) is 29.1 Å². The van der Waals surface area contributed by atoms with Crippen LogP contribution in [-0.2, 0) is 10.8 Å². The first kappa shape index (κ1) is 15.1. The van der Waals surface area contributed by atoms with Crippen LogP contribution in [0, 0.1) is 5.92 Å². The Labute approximate surface area is 97.7 Å². The van der Waals surface area contributed by atoms with Crippen LogP contribution in [0.1, 0.15) is 46.5 Å². The van der Waals surface area contributed by atoms with E-state index in [9.17, 15) is 4.21 Å². The summed E-state index contributed by atoms with van der Waals surface area (Å²) in [4.78, 5) is 0. The lowest BCUT2D eigenvalue weighted by atomic mass is 9.99. The molecule has 0 rings (SSSR count). The van der Waals surface area contributed by atoms with Crippen molar-refractivity contribution in [2.45, 2.75) is 52.5 Å². The second-order valence-corrected chi connectivity index (χ2v) is 5.95. The van der Waals surface area contributed by atoms with Gasteiger partial charge in [0.25, 0.3) is 0 Å². The minimum Gasteiger partial charge on any atom is -0.313 e. The van der Waals surface area contributed by atoms with Gasteiger partial charge in [0.2, 0.25) is 0 Å². The van der Waals surface area contributed by atoms with Gasteiger partial charge in [-0.2, -0.15) is 0 Å². The molecule has 0 aromatic carbocycles. The standard InChI is InChI=1S/C12H27NOS/c1-5-7-8-12(6-2)9-13-11(3)10-15(4)14/h11-13H,5-10H2,1-4H3. The van der Waals surface area contributed by atoms with E-state index in [1.165, 1.54) is 25.7 Å². The minimum atomic E-state index is -0.680. The number of nitrogens with one attached hydrogen (secondary N) is 1. The molecule has 92 valence electrons. The quantitative estimate of drug-likeness (QED) is 0.663. The zero-order valence-corrected chi connectivity index (χ0v) is 11.5. The first-order valence-corrected chi connectivity index (χ1v) is 7.86. The lowest BCUT2D eigenvalue weighted by Gasteiger charge is -2.18. The van der Waals surface area contributed by atoms with Gasteiger partial charge in [0.15, 0.2) is 0 Å². The normalized spacial score (nSPS) is 17.3. The molecule has 0 aliphatic carbocycles. The van der Waals surface area contributed by atoms with Crippen LogP contribution in [-0.4, -0.2) is 28.8 Å². The van der Waals surface area contributed by atoms with E-state index in [0.717, 1.165) is 18.2 Å². The molecule has 0 saturated heterocycles. The monoisotopic (exact) mass is 233 g/mol. The molecule has 0 spiro atoms. The fraction of sp³-hybridized carbons (Fsp3) is 1.00. The van der Waals surface area contributed by atoms with Crippen LogP contribution in [0.2, 0.25) is 0 Å². The van der Waals surface area contributed by atoms with Crippen molar-refractivity contribution in [3.8, 4) is 0 Å². The van der Waals surface area contributed by atoms with Gasteiger partial charge >= 0.3 is 0 Å². The smallest absolute Gasteiger partial charge is 0.0383 e. The molecule has 0 bridgehead atoms. The van der Waals surface area contributed by atoms with Gasteiger partial charge in [0, 0.05) is 28.9 Å². The van der Waals surface area contributed by atoms with E-state index in [1.807, 2.05) is 0 Å². The molecule has 0 saturated carbocycles. The molecule has 0 aromatic rings. The van der Waals surface area contributed by atoms with Gasteiger partial charge in [-0.25, -0.2) is 0 Å². The SMILES string of the molecule is CCCCC(CC)CNC(C)CS(C)=O. The van der Waals surface area contributed by atoms with Gasteiger partial charge in [-0.1, -0.05) is 33.1 Å². The van der Waals surface area contributed by atoms with E-state index in [4.69, 9.17) is 0 Å².